The first-order chi connectivity index (χ1) is 13.1. The van der Waals surface area contributed by atoms with Gasteiger partial charge in [-0.1, -0.05) is 12.1 Å². The highest BCUT2D eigenvalue weighted by Gasteiger charge is 2.54. The number of hydrogen-bond donors (Lipinski definition) is 2. The minimum Gasteiger partial charge on any atom is -0.355 e. The smallest absolute Gasteiger partial charge is 0.226 e. The van der Waals surface area contributed by atoms with E-state index in [2.05, 4.69) is 16.7 Å². The summed E-state index contributed by atoms with van der Waals surface area (Å²) in [5, 5.41) is 14.6. The minimum atomic E-state index is -0.151. The highest BCUT2D eigenvalue weighted by atomic mass is 16.2. The van der Waals surface area contributed by atoms with Gasteiger partial charge in [0, 0.05) is 24.1 Å². The molecule has 5 nitrogen and oxygen atoms in total. The fraction of sp³-hybridized carbons (Fsp3) is 0.591. The van der Waals surface area contributed by atoms with Gasteiger partial charge in [0.15, 0.2) is 0 Å². The van der Waals surface area contributed by atoms with Crippen LogP contribution in [0.4, 0.5) is 5.69 Å². The molecular weight excluding hydrogens is 338 g/mol. The monoisotopic (exact) mass is 365 g/mol. The topological polar surface area (TPSA) is 82.0 Å². The predicted molar refractivity (Wildman–Crippen MR) is 103 cm³/mol. The molecule has 0 saturated heterocycles. The molecule has 4 aliphatic carbocycles. The average molecular weight is 365 g/mol. The zero-order valence-corrected chi connectivity index (χ0v) is 15.7. The zero-order chi connectivity index (χ0) is 18.9. The zero-order valence-electron chi connectivity index (χ0n) is 15.7. The third-order valence-electron chi connectivity index (χ3n) is 6.68. The summed E-state index contributed by atoms with van der Waals surface area (Å²) >= 11 is 0. The Labute approximate surface area is 160 Å². The van der Waals surface area contributed by atoms with Crippen molar-refractivity contribution in [1.82, 2.24) is 5.32 Å². The second kappa shape index (κ2) is 7.34. The molecule has 0 heterocycles. The number of carbonyl (C=O) groups excluding carboxylic acids is 2. The number of rotatable bonds is 6. The van der Waals surface area contributed by atoms with Gasteiger partial charge in [-0.3, -0.25) is 9.59 Å². The summed E-state index contributed by atoms with van der Waals surface area (Å²) in [6, 6.07) is 9.39. The Bertz CT molecular complexity index is 727. The Kier molecular flexibility index (Phi) is 4.90. The molecule has 4 saturated carbocycles. The van der Waals surface area contributed by atoms with E-state index in [1.54, 1.807) is 12.1 Å². The predicted octanol–water partition coefficient (Wildman–Crippen LogP) is 3.41. The first-order valence-electron chi connectivity index (χ1n) is 10.1. The molecular formula is C22H27N3O2. The molecule has 27 heavy (non-hydrogen) atoms. The van der Waals surface area contributed by atoms with Gasteiger partial charge in [-0.15, -0.1) is 0 Å². The highest BCUT2D eigenvalue weighted by Crippen LogP contribution is 2.60. The molecule has 2 N–H and O–H groups in total. The maximum absolute atomic E-state index is 12.9. The molecule has 1 aromatic rings. The fourth-order valence-electron chi connectivity index (χ4n) is 5.89. The summed E-state index contributed by atoms with van der Waals surface area (Å²) in [6.45, 7) is 0.388. The first kappa shape index (κ1) is 18.0. The molecule has 2 amide bonds. The SMILES string of the molecule is N#CCc1ccc(NC(=O)CCNC(=O)C23CC4CC(CC(C4)C2)C3)cc1. The van der Waals surface area contributed by atoms with Crippen LogP contribution >= 0.6 is 0 Å². The van der Waals surface area contributed by atoms with E-state index in [1.165, 1.54) is 19.3 Å². The normalized spacial score (nSPS) is 30.6. The minimum absolute atomic E-state index is 0.103. The lowest BCUT2D eigenvalue weighted by Crippen LogP contribution is -2.53. The number of nitrogens with one attached hydrogen (secondary N) is 2. The van der Waals surface area contributed by atoms with E-state index in [4.69, 9.17) is 5.26 Å². The Morgan fingerprint density at radius 1 is 1.04 bits per heavy atom. The molecule has 142 valence electrons. The summed E-state index contributed by atoms with van der Waals surface area (Å²) in [5.41, 5.74) is 1.49. The van der Waals surface area contributed by atoms with Gasteiger partial charge in [-0.2, -0.15) is 5.26 Å². The Balaban J connectivity index is 1.24. The van der Waals surface area contributed by atoms with E-state index in [0.29, 0.717) is 18.7 Å². The van der Waals surface area contributed by atoms with Gasteiger partial charge in [-0.05, 0) is 74.0 Å². The number of nitrogens with zero attached hydrogens (tertiary/aromatic N) is 1. The Morgan fingerprint density at radius 2 is 1.63 bits per heavy atom. The van der Waals surface area contributed by atoms with Crippen LogP contribution in [0.3, 0.4) is 0 Å². The summed E-state index contributed by atoms with van der Waals surface area (Å²) < 4.78 is 0. The van der Waals surface area contributed by atoms with Crippen molar-refractivity contribution in [2.75, 3.05) is 11.9 Å². The number of amides is 2. The van der Waals surface area contributed by atoms with Crippen LogP contribution in [-0.2, 0) is 16.0 Å². The third kappa shape index (κ3) is 3.85. The summed E-state index contributed by atoms with van der Waals surface area (Å²) in [4.78, 5) is 25.0. The maximum Gasteiger partial charge on any atom is 0.226 e. The van der Waals surface area contributed by atoms with E-state index in [1.807, 2.05) is 12.1 Å². The Morgan fingerprint density at radius 3 is 2.19 bits per heavy atom. The van der Waals surface area contributed by atoms with Crippen LogP contribution in [0.25, 0.3) is 0 Å². The van der Waals surface area contributed by atoms with Gasteiger partial charge < -0.3 is 10.6 Å². The van der Waals surface area contributed by atoms with Gasteiger partial charge in [-0.25, -0.2) is 0 Å². The van der Waals surface area contributed by atoms with Gasteiger partial charge in [0.1, 0.15) is 0 Å². The van der Waals surface area contributed by atoms with E-state index >= 15 is 0 Å². The molecule has 0 atom stereocenters. The van der Waals surface area contributed by atoms with Crippen LogP contribution in [0.5, 0.6) is 0 Å². The van der Waals surface area contributed by atoms with Crippen LogP contribution in [-0.4, -0.2) is 18.4 Å². The van der Waals surface area contributed by atoms with Crippen LogP contribution in [0.1, 0.15) is 50.5 Å². The van der Waals surface area contributed by atoms with Crippen molar-refractivity contribution in [3.63, 3.8) is 0 Å². The maximum atomic E-state index is 12.9. The molecule has 0 aromatic heterocycles. The van der Waals surface area contributed by atoms with Gasteiger partial charge in [0.2, 0.25) is 11.8 Å². The van der Waals surface area contributed by atoms with Crippen molar-refractivity contribution >= 4 is 17.5 Å². The van der Waals surface area contributed by atoms with Crippen molar-refractivity contribution in [2.45, 2.75) is 51.4 Å². The largest absolute Gasteiger partial charge is 0.355 e. The van der Waals surface area contributed by atoms with Crippen LogP contribution in [0.2, 0.25) is 0 Å². The second-order valence-corrected chi connectivity index (χ2v) is 8.78. The fourth-order valence-corrected chi connectivity index (χ4v) is 5.89. The third-order valence-corrected chi connectivity index (χ3v) is 6.68. The van der Waals surface area contributed by atoms with Crippen molar-refractivity contribution in [3.05, 3.63) is 29.8 Å². The second-order valence-electron chi connectivity index (χ2n) is 8.78. The number of benzene rings is 1. The molecule has 4 aliphatic rings. The van der Waals surface area contributed by atoms with Crippen LogP contribution in [0, 0.1) is 34.5 Å². The molecule has 5 heteroatoms. The van der Waals surface area contributed by atoms with Crippen molar-refractivity contribution in [3.8, 4) is 6.07 Å². The van der Waals surface area contributed by atoms with Gasteiger partial charge in [0.05, 0.1) is 12.5 Å². The summed E-state index contributed by atoms with van der Waals surface area (Å²) in [6.07, 6.45) is 7.75. The van der Waals surface area contributed by atoms with Gasteiger partial charge >= 0.3 is 0 Å². The van der Waals surface area contributed by atoms with E-state index in [-0.39, 0.29) is 23.7 Å². The number of hydrogen-bond acceptors (Lipinski definition) is 3. The average Bonchev–Trinajstić information content (AvgIpc) is 2.62. The molecule has 4 bridgehead atoms. The lowest BCUT2D eigenvalue weighted by atomic mass is 9.49. The molecule has 4 fully saturated rings. The Hall–Kier alpha value is -2.35. The summed E-state index contributed by atoms with van der Waals surface area (Å²) in [7, 11) is 0. The van der Waals surface area contributed by atoms with Crippen LogP contribution in [0.15, 0.2) is 24.3 Å². The van der Waals surface area contributed by atoms with E-state index in [0.717, 1.165) is 42.6 Å². The van der Waals surface area contributed by atoms with Crippen molar-refractivity contribution < 1.29 is 9.59 Å². The molecule has 0 aliphatic heterocycles. The number of anilines is 1. The van der Waals surface area contributed by atoms with Crippen molar-refractivity contribution in [1.29, 1.82) is 5.26 Å². The number of carbonyl (C=O) groups is 2. The van der Waals surface area contributed by atoms with Gasteiger partial charge in [0.25, 0.3) is 0 Å². The molecule has 0 unspecified atom stereocenters. The molecule has 5 rings (SSSR count). The van der Waals surface area contributed by atoms with Crippen molar-refractivity contribution in [2.24, 2.45) is 23.2 Å². The lowest BCUT2D eigenvalue weighted by molar-refractivity contribution is -0.146. The lowest BCUT2D eigenvalue weighted by Gasteiger charge is -2.55. The first-order valence-corrected chi connectivity index (χ1v) is 10.1. The highest BCUT2D eigenvalue weighted by molar-refractivity contribution is 5.91. The standard InChI is InChI=1S/C22H27N3O2/c23-7-5-15-1-3-19(4-2-15)25-20(26)6-8-24-21(27)22-12-16-9-17(13-22)11-18(10-16)14-22/h1-4,16-18H,5-6,8-14H2,(H,24,27)(H,25,26). The quantitative estimate of drug-likeness (QED) is 0.810. The molecule has 0 spiro atoms. The summed E-state index contributed by atoms with van der Waals surface area (Å²) in [5.74, 6) is 2.31. The van der Waals surface area contributed by atoms with E-state index in [9.17, 15) is 9.59 Å². The molecule has 1 aromatic carbocycles. The molecule has 0 radical (unpaired) electrons. The van der Waals surface area contributed by atoms with Crippen LogP contribution < -0.4 is 10.6 Å². The van der Waals surface area contributed by atoms with E-state index < -0.39 is 0 Å². The number of nitriles is 1.